The average Bonchev–Trinajstić information content (AvgIpc) is 2.46. The molecule has 20 heavy (non-hydrogen) atoms. The first kappa shape index (κ1) is 15.1. The number of hydrogen-bond acceptors (Lipinski definition) is 4. The SMILES string of the molecule is COc1cc(NCc2ncc(Br)cc2Br)cc(OC)c1. The summed E-state index contributed by atoms with van der Waals surface area (Å²) in [6, 6.07) is 7.62. The molecule has 0 unspecified atom stereocenters. The van der Waals surface area contributed by atoms with E-state index in [0.29, 0.717) is 6.54 Å². The van der Waals surface area contributed by atoms with Gasteiger partial charge in [-0.3, -0.25) is 4.98 Å². The van der Waals surface area contributed by atoms with E-state index in [1.807, 2.05) is 24.3 Å². The highest BCUT2D eigenvalue weighted by Crippen LogP contribution is 2.27. The summed E-state index contributed by atoms with van der Waals surface area (Å²) in [6.45, 7) is 0.601. The second kappa shape index (κ2) is 6.95. The monoisotopic (exact) mass is 400 g/mol. The van der Waals surface area contributed by atoms with Gasteiger partial charge in [-0.15, -0.1) is 0 Å². The van der Waals surface area contributed by atoms with Crippen LogP contribution in [0.4, 0.5) is 5.69 Å². The second-order valence-corrected chi connectivity index (χ2v) is 5.81. The van der Waals surface area contributed by atoms with E-state index in [-0.39, 0.29) is 0 Å². The van der Waals surface area contributed by atoms with Gasteiger partial charge in [0.2, 0.25) is 0 Å². The van der Waals surface area contributed by atoms with E-state index < -0.39 is 0 Å². The molecule has 0 atom stereocenters. The molecule has 106 valence electrons. The number of aromatic nitrogens is 1. The minimum absolute atomic E-state index is 0.601. The lowest BCUT2D eigenvalue weighted by molar-refractivity contribution is 0.394. The summed E-state index contributed by atoms with van der Waals surface area (Å²) < 4.78 is 12.4. The fourth-order valence-corrected chi connectivity index (χ4v) is 2.80. The number of nitrogens with zero attached hydrogens (tertiary/aromatic N) is 1. The number of anilines is 1. The molecule has 0 aliphatic carbocycles. The Bertz CT molecular complexity index is 583. The van der Waals surface area contributed by atoms with E-state index in [9.17, 15) is 0 Å². The molecule has 1 N–H and O–H groups in total. The van der Waals surface area contributed by atoms with Gasteiger partial charge in [0.05, 0.1) is 26.5 Å². The molecule has 6 heteroatoms. The number of ether oxygens (including phenoxy) is 2. The summed E-state index contributed by atoms with van der Waals surface area (Å²) in [5.74, 6) is 1.49. The van der Waals surface area contributed by atoms with Gasteiger partial charge in [0.1, 0.15) is 11.5 Å². The average molecular weight is 402 g/mol. The van der Waals surface area contributed by atoms with Crippen molar-refractivity contribution in [2.24, 2.45) is 0 Å². The first-order chi connectivity index (χ1) is 9.62. The highest BCUT2D eigenvalue weighted by Gasteiger charge is 2.05. The number of benzene rings is 1. The summed E-state index contributed by atoms with van der Waals surface area (Å²) in [5.41, 5.74) is 1.84. The maximum atomic E-state index is 5.24. The van der Waals surface area contributed by atoms with Gasteiger partial charge in [0, 0.05) is 39.0 Å². The molecule has 0 radical (unpaired) electrons. The van der Waals surface area contributed by atoms with Crippen LogP contribution >= 0.6 is 31.9 Å². The molecule has 0 saturated heterocycles. The zero-order valence-electron chi connectivity index (χ0n) is 11.1. The lowest BCUT2D eigenvalue weighted by atomic mass is 10.2. The van der Waals surface area contributed by atoms with Crippen molar-refractivity contribution >= 4 is 37.5 Å². The van der Waals surface area contributed by atoms with E-state index in [1.54, 1.807) is 20.4 Å². The van der Waals surface area contributed by atoms with Crippen LogP contribution in [0.3, 0.4) is 0 Å². The molecule has 1 aromatic carbocycles. The molecule has 0 spiro atoms. The maximum absolute atomic E-state index is 5.24. The molecular formula is C14H14Br2N2O2. The summed E-state index contributed by atoms with van der Waals surface area (Å²) in [7, 11) is 3.26. The van der Waals surface area contributed by atoms with Crippen LogP contribution in [0.15, 0.2) is 39.4 Å². The molecule has 0 aliphatic rings. The highest BCUT2D eigenvalue weighted by molar-refractivity contribution is 9.11. The second-order valence-electron chi connectivity index (χ2n) is 4.04. The predicted molar refractivity (Wildman–Crippen MR) is 86.5 cm³/mol. The lowest BCUT2D eigenvalue weighted by Gasteiger charge is -2.11. The van der Waals surface area contributed by atoms with Crippen molar-refractivity contribution in [3.63, 3.8) is 0 Å². The van der Waals surface area contributed by atoms with Crippen molar-refractivity contribution < 1.29 is 9.47 Å². The zero-order chi connectivity index (χ0) is 14.5. The van der Waals surface area contributed by atoms with E-state index in [1.165, 1.54) is 0 Å². The van der Waals surface area contributed by atoms with Crippen LogP contribution in [0.5, 0.6) is 11.5 Å². The number of rotatable bonds is 5. The molecule has 2 aromatic rings. The number of nitrogens with one attached hydrogen (secondary N) is 1. The molecule has 0 aliphatic heterocycles. The smallest absolute Gasteiger partial charge is 0.124 e. The van der Waals surface area contributed by atoms with Gasteiger partial charge in [0.25, 0.3) is 0 Å². The Morgan fingerprint density at radius 1 is 1.05 bits per heavy atom. The molecule has 1 heterocycles. The van der Waals surface area contributed by atoms with Crippen molar-refractivity contribution in [1.82, 2.24) is 4.98 Å². The van der Waals surface area contributed by atoms with Gasteiger partial charge < -0.3 is 14.8 Å². The van der Waals surface area contributed by atoms with Crippen LogP contribution in [0.2, 0.25) is 0 Å². The van der Waals surface area contributed by atoms with Gasteiger partial charge in [0.15, 0.2) is 0 Å². The molecule has 2 rings (SSSR count). The Balaban J connectivity index is 2.13. The van der Waals surface area contributed by atoms with Crippen LogP contribution in [-0.2, 0) is 6.54 Å². The van der Waals surface area contributed by atoms with Crippen molar-refractivity contribution in [3.8, 4) is 11.5 Å². The summed E-state index contributed by atoms with van der Waals surface area (Å²) in [5, 5.41) is 3.30. The Morgan fingerprint density at radius 2 is 1.70 bits per heavy atom. The summed E-state index contributed by atoms with van der Waals surface area (Å²) in [4.78, 5) is 4.36. The zero-order valence-corrected chi connectivity index (χ0v) is 14.3. The standard InChI is InChI=1S/C14H14Br2N2O2/c1-19-11-4-10(5-12(6-11)20-2)17-8-14-13(16)3-9(15)7-18-14/h3-7,17H,8H2,1-2H3. The summed E-state index contributed by atoms with van der Waals surface area (Å²) >= 11 is 6.88. The number of pyridine rings is 1. The molecule has 0 bridgehead atoms. The van der Waals surface area contributed by atoms with Crippen LogP contribution in [0.25, 0.3) is 0 Å². The first-order valence-electron chi connectivity index (χ1n) is 5.89. The maximum Gasteiger partial charge on any atom is 0.124 e. The van der Waals surface area contributed by atoms with Crippen LogP contribution in [0, 0.1) is 0 Å². The number of methoxy groups -OCH3 is 2. The van der Waals surface area contributed by atoms with Gasteiger partial charge in [-0.1, -0.05) is 0 Å². The molecule has 0 saturated carbocycles. The summed E-state index contributed by atoms with van der Waals surface area (Å²) in [6.07, 6.45) is 1.77. The molecule has 4 nitrogen and oxygen atoms in total. The lowest BCUT2D eigenvalue weighted by Crippen LogP contribution is -2.03. The van der Waals surface area contributed by atoms with Gasteiger partial charge in [-0.05, 0) is 37.9 Å². The van der Waals surface area contributed by atoms with Crippen molar-refractivity contribution in [3.05, 3.63) is 45.1 Å². The van der Waals surface area contributed by atoms with Crippen LogP contribution < -0.4 is 14.8 Å². The topological polar surface area (TPSA) is 43.4 Å². The van der Waals surface area contributed by atoms with Crippen molar-refractivity contribution in [1.29, 1.82) is 0 Å². The Morgan fingerprint density at radius 3 is 2.25 bits per heavy atom. The van der Waals surface area contributed by atoms with Crippen molar-refractivity contribution in [2.45, 2.75) is 6.54 Å². The first-order valence-corrected chi connectivity index (χ1v) is 7.48. The van der Waals surface area contributed by atoms with Crippen LogP contribution in [0.1, 0.15) is 5.69 Å². The quantitative estimate of drug-likeness (QED) is 0.813. The van der Waals surface area contributed by atoms with Gasteiger partial charge in [-0.25, -0.2) is 0 Å². The fraction of sp³-hybridized carbons (Fsp3) is 0.214. The van der Waals surface area contributed by atoms with E-state index in [0.717, 1.165) is 31.8 Å². The number of halogens is 2. The molecule has 0 fully saturated rings. The molecule has 1 aromatic heterocycles. The van der Waals surface area contributed by atoms with E-state index in [4.69, 9.17) is 9.47 Å². The number of hydrogen-bond donors (Lipinski definition) is 1. The molecular weight excluding hydrogens is 388 g/mol. The van der Waals surface area contributed by atoms with Crippen LogP contribution in [-0.4, -0.2) is 19.2 Å². The predicted octanol–water partition coefficient (Wildman–Crippen LogP) is 4.24. The third kappa shape index (κ3) is 3.86. The minimum Gasteiger partial charge on any atom is -0.497 e. The van der Waals surface area contributed by atoms with Gasteiger partial charge >= 0.3 is 0 Å². The van der Waals surface area contributed by atoms with E-state index >= 15 is 0 Å². The van der Waals surface area contributed by atoms with Gasteiger partial charge in [-0.2, -0.15) is 0 Å². The third-order valence-corrected chi connectivity index (χ3v) is 3.82. The largest absolute Gasteiger partial charge is 0.497 e. The highest BCUT2D eigenvalue weighted by atomic mass is 79.9. The Labute approximate surface area is 134 Å². The minimum atomic E-state index is 0.601. The fourth-order valence-electron chi connectivity index (χ4n) is 1.67. The normalized spacial score (nSPS) is 10.2. The molecule has 0 amide bonds. The van der Waals surface area contributed by atoms with E-state index in [2.05, 4.69) is 42.2 Å². The third-order valence-electron chi connectivity index (χ3n) is 2.70. The Hall–Kier alpha value is -1.27. The van der Waals surface area contributed by atoms with Crippen molar-refractivity contribution in [2.75, 3.05) is 19.5 Å². The Kier molecular flexibility index (Phi) is 5.25.